The van der Waals surface area contributed by atoms with E-state index in [0.29, 0.717) is 0 Å². The summed E-state index contributed by atoms with van der Waals surface area (Å²) in [6, 6.07) is 3.32. The summed E-state index contributed by atoms with van der Waals surface area (Å²) in [6.45, 7) is 6.49. The molecule has 0 amide bonds. The van der Waals surface area contributed by atoms with Crippen LogP contribution in [0, 0.1) is 0 Å². The molecule has 0 unspecified atom stereocenters. The first-order chi connectivity index (χ1) is 6.39. The molecule has 0 radical (unpaired) electrons. The van der Waals surface area contributed by atoms with Gasteiger partial charge in [-0.15, -0.1) is 0 Å². The summed E-state index contributed by atoms with van der Waals surface area (Å²) in [7, 11) is -1.53. The first-order valence-corrected chi connectivity index (χ1v) is 10.8. The summed E-state index contributed by atoms with van der Waals surface area (Å²) in [5.41, 5.74) is 0. The molecular formula is C7H15Cl3O2SiZn. The first-order valence-electron chi connectivity index (χ1n) is 4.73. The van der Waals surface area contributed by atoms with Gasteiger partial charge in [-0.2, -0.15) is 0 Å². The molecule has 0 aromatic rings. The van der Waals surface area contributed by atoms with Crippen molar-refractivity contribution in [3.05, 3.63) is 0 Å². The molecule has 0 saturated heterocycles. The van der Waals surface area contributed by atoms with Crippen LogP contribution in [0.2, 0.25) is 18.1 Å². The van der Waals surface area contributed by atoms with Gasteiger partial charge in [0.2, 0.25) is 0 Å². The average molecular weight is 331 g/mol. The van der Waals surface area contributed by atoms with Crippen molar-refractivity contribution in [2.45, 2.75) is 42.9 Å². The summed E-state index contributed by atoms with van der Waals surface area (Å²) in [4.78, 5) is 0. The number of rotatable bonds is 6. The van der Waals surface area contributed by atoms with E-state index in [1.54, 1.807) is 0 Å². The van der Waals surface area contributed by atoms with Gasteiger partial charge in [0.15, 0.2) is 0 Å². The Morgan fingerprint density at radius 2 is 1.50 bits per heavy atom. The molecule has 0 aliphatic rings. The summed E-state index contributed by atoms with van der Waals surface area (Å²) in [5, 5.41) is 0. The van der Waals surface area contributed by atoms with Gasteiger partial charge in [0.25, 0.3) is 0 Å². The van der Waals surface area contributed by atoms with Crippen LogP contribution in [0.15, 0.2) is 0 Å². The molecule has 0 heterocycles. The van der Waals surface area contributed by atoms with Gasteiger partial charge in [-0.05, 0) is 0 Å². The van der Waals surface area contributed by atoms with E-state index in [2.05, 4.69) is 20.8 Å². The molecule has 7 heteroatoms. The number of alkyl halides is 3. The standard InChI is InChI=1S/C6H15OSi.CCl3O.Zn/c1-4-8(7,5-2)6-3;2-1(3,4)5;/h4-6H2,1-3H3;;/q2*-1;+2. The van der Waals surface area contributed by atoms with E-state index in [1.807, 2.05) is 0 Å². The third kappa shape index (κ3) is 6.26. The Balaban J connectivity index is 3.95. The van der Waals surface area contributed by atoms with Crippen molar-refractivity contribution in [3.8, 4) is 0 Å². The molecule has 0 saturated carbocycles. The van der Waals surface area contributed by atoms with Crippen molar-refractivity contribution in [2.24, 2.45) is 0 Å². The van der Waals surface area contributed by atoms with E-state index in [9.17, 15) is 0 Å². The van der Waals surface area contributed by atoms with E-state index in [4.69, 9.17) is 41.6 Å². The SMILES string of the molecule is CC[Si](CC)(CC)[O][Zn][O]C(Cl)(Cl)Cl. The van der Waals surface area contributed by atoms with Crippen LogP contribution in [0.5, 0.6) is 0 Å². The van der Waals surface area contributed by atoms with Crippen LogP contribution >= 0.6 is 34.8 Å². The van der Waals surface area contributed by atoms with Crippen LogP contribution in [0.3, 0.4) is 0 Å². The predicted molar refractivity (Wildman–Crippen MR) is 59.7 cm³/mol. The number of halogens is 3. The fraction of sp³-hybridized carbons (Fsp3) is 1.00. The molecule has 0 rings (SSSR count). The van der Waals surface area contributed by atoms with Gasteiger partial charge in [-0.3, -0.25) is 0 Å². The summed E-state index contributed by atoms with van der Waals surface area (Å²) in [5.74, 6) is 0. The van der Waals surface area contributed by atoms with Crippen LogP contribution in [0.25, 0.3) is 0 Å². The Kier molecular flexibility index (Phi) is 7.87. The van der Waals surface area contributed by atoms with Crippen molar-refractivity contribution >= 4 is 43.1 Å². The molecular weight excluding hydrogens is 316 g/mol. The fourth-order valence-electron chi connectivity index (χ4n) is 1.28. The zero-order chi connectivity index (χ0) is 11.2. The quantitative estimate of drug-likeness (QED) is 0.535. The summed E-state index contributed by atoms with van der Waals surface area (Å²) >= 11 is 14.9. The molecule has 0 aliphatic carbocycles. The van der Waals surface area contributed by atoms with Crippen molar-refractivity contribution in [1.82, 2.24) is 0 Å². The molecule has 0 aliphatic heterocycles. The molecule has 0 fully saturated rings. The zero-order valence-electron chi connectivity index (χ0n) is 8.78. The van der Waals surface area contributed by atoms with Gasteiger partial charge in [-0.1, -0.05) is 0 Å². The third-order valence-electron chi connectivity index (χ3n) is 2.52. The number of hydrogen-bond acceptors (Lipinski definition) is 2. The van der Waals surface area contributed by atoms with Crippen molar-refractivity contribution < 1.29 is 24.7 Å². The van der Waals surface area contributed by atoms with Crippen LogP contribution in [-0.2, 0) is 24.7 Å². The Bertz CT molecular complexity index is 153. The van der Waals surface area contributed by atoms with E-state index < -0.39 is 30.1 Å². The third-order valence-corrected chi connectivity index (χ3v) is 14.3. The van der Waals surface area contributed by atoms with E-state index >= 15 is 0 Å². The second-order valence-electron chi connectivity index (χ2n) is 3.10. The second-order valence-corrected chi connectivity index (χ2v) is 13.0. The Morgan fingerprint density at radius 1 is 1.07 bits per heavy atom. The minimum atomic E-state index is -1.60. The minimum absolute atomic E-state index is 1.11. The first kappa shape index (κ1) is 15.6. The maximum absolute atomic E-state index is 5.90. The van der Waals surface area contributed by atoms with Gasteiger partial charge < -0.3 is 0 Å². The van der Waals surface area contributed by atoms with Crippen LogP contribution in [0.1, 0.15) is 20.8 Å². The van der Waals surface area contributed by atoms with Gasteiger partial charge in [0.05, 0.1) is 0 Å². The van der Waals surface area contributed by atoms with Gasteiger partial charge >= 0.3 is 111 Å². The molecule has 0 aromatic carbocycles. The van der Waals surface area contributed by atoms with Crippen LogP contribution < -0.4 is 0 Å². The van der Waals surface area contributed by atoms with Crippen molar-refractivity contribution in [1.29, 1.82) is 0 Å². The summed E-state index contributed by atoms with van der Waals surface area (Å²) in [6.07, 6.45) is 0. The number of hydrogen-bond donors (Lipinski definition) is 0. The Hall–Kier alpha value is 1.63. The van der Waals surface area contributed by atoms with Crippen LogP contribution in [-0.4, -0.2) is 12.3 Å². The normalized spacial score (nSPS) is 12.7. The van der Waals surface area contributed by atoms with Crippen molar-refractivity contribution in [3.63, 3.8) is 0 Å². The van der Waals surface area contributed by atoms with Crippen LogP contribution in [0.4, 0.5) is 0 Å². The zero-order valence-corrected chi connectivity index (χ0v) is 15.0. The monoisotopic (exact) mass is 328 g/mol. The van der Waals surface area contributed by atoms with E-state index in [0.717, 1.165) is 18.1 Å². The topological polar surface area (TPSA) is 18.5 Å². The molecule has 0 N–H and O–H groups in total. The van der Waals surface area contributed by atoms with Gasteiger partial charge in [0, 0.05) is 0 Å². The van der Waals surface area contributed by atoms with Gasteiger partial charge in [-0.25, -0.2) is 0 Å². The fourth-order valence-corrected chi connectivity index (χ4v) is 10.5. The Morgan fingerprint density at radius 3 is 1.79 bits per heavy atom. The molecule has 2 nitrogen and oxygen atoms in total. The second kappa shape index (κ2) is 7.05. The molecule has 0 atom stereocenters. The molecule has 14 heavy (non-hydrogen) atoms. The molecule has 0 bridgehead atoms. The summed E-state index contributed by atoms with van der Waals surface area (Å²) < 4.78 is 9.40. The Labute approximate surface area is 110 Å². The predicted octanol–water partition coefficient (Wildman–Crippen LogP) is 4.27. The molecule has 0 aromatic heterocycles. The van der Waals surface area contributed by atoms with Crippen molar-refractivity contribution in [2.75, 3.05) is 0 Å². The average Bonchev–Trinajstić information content (AvgIpc) is 2.11. The van der Waals surface area contributed by atoms with Gasteiger partial charge in [0.1, 0.15) is 0 Å². The van der Waals surface area contributed by atoms with E-state index in [-0.39, 0.29) is 0 Å². The van der Waals surface area contributed by atoms with E-state index in [1.165, 1.54) is 0 Å². The molecule has 82 valence electrons. The maximum atomic E-state index is 5.90. The molecule has 0 spiro atoms.